The van der Waals surface area contributed by atoms with Crippen LogP contribution in [0.2, 0.25) is 0 Å². The molecule has 0 amide bonds. The Morgan fingerprint density at radius 2 is 1.73 bits per heavy atom. The van der Waals surface area contributed by atoms with E-state index in [2.05, 4.69) is 15.1 Å². The number of hydrogen-bond donors (Lipinski definition) is 0. The van der Waals surface area contributed by atoms with Crippen molar-refractivity contribution in [1.82, 2.24) is 19.7 Å². The van der Waals surface area contributed by atoms with E-state index < -0.39 is 12.0 Å². The minimum Gasteiger partial charge on any atom is -0.253 e. The van der Waals surface area contributed by atoms with Gasteiger partial charge in [-0.1, -0.05) is 23.8 Å². The number of nitrogens with zero attached hydrogens (tertiary/aromatic N) is 4. The lowest BCUT2D eigenvalue weighted by atomic mass is 10.2. The Balaban J connectivity index is 2.19. The number of benzene rings is 1. The summed E-state index contributed by atoms with van der Waals surface area (Å²) in [6, 6.07) is 11.9. The first-order chi connectivity index (χ1) is 10.4. The van der Waals surface area contributed by atoms with Crippen LogP contribution in [0.4, 0.5) is 13.2 Å². The highest BCUT2D eigenvalue weighted by Gasteiger charge is 2.37. The maximum absolute atomic E-state index is 12.9. The van der Waals surface area contributed by atoms with Crippen molar-refractivity contribution < 1.29 is 13.2 Å². The minimum atomic E-state index is -4.61. The number of halogens is 3. The van der Waals surface area contributed by atoms with E-state index in [1.54, 1.807) is 42.5 Å². The van der Waals surface area contributed by atoms with Crippen LogP contribution in [0.1, 0.15) is 11.4 Å². The first kappa shape index (κ1) is 14.2. The first-order valence-corrected chi connectivity index (χ1v) is 6.48. The molecule has 1 aromatic carbocycles. The van der Waals surface area contributed by atoms with E-state index >= 15 is 0 Å². The Hall–Kier alpha value is -2.70. The van der Waals surface area contributed by atoms with Crippen molar-refractivity contribution in [2.24, 2.45) is 0 Å². The number of aryl methyl sites for hydroxylation is 1. The van der Waals surface area contributed by atoms with Gasteiger partial charge in [0.2, 0.25) is 0 Å². The monoisotopic (exact) mass is 304 g/mol. The van der Waals surface area contributed by atoms with Gasteiger partial charge in [-0.25, -0.2) is 9.67 Å². The van der Waals surface area contributed by atoms with E-state index in [9.17, 15) is 13.2 Å². The van der Waals surface area contributed by atoms with Crippen LogP contribution < -0.4 is 0 Å². The second-order valence-electron chi connectivity index (χ2n) is 4.72. The molecule has 0 fully saturated rings. The summed E-state index contributed by atoms with van der Waals surface area (Å²) < 4.78 is 39.9. The molecule has 0 N–H and O–H groups in total. The summed E-state index contributed by atoms with van der Waals surface area (Å²) >= 11 is 0. The summed E-state index contributed by atoms with van der Waals surface area (Å²) in [6.45, 7) is 1.89. The number of aromatic nitrogens is 4. The van der Waals surface area contributed by atoms with Crippen molar-refractivity contribution in [1.29, 1.82) is 0 Å². The van der Waals surface area contributed by atoms with Crippen LogP contribution >= 0.6 is 0 Å². The van der Waals surface area contributed by atoms with Gasteiger partial charge in [0.25, 0.3) is 5.82 Å². The second kappa shape index (κ2) is 5.25. The average Bonchev–Trinajstić information content (AvgIpc) is 2.94. The van der Waals surface area contributed by atoms with Gasteiger partial charge in [0.05, 0.1) is 5.69 Å². The van der Waals surface area contributed by atoms with E-state index in [1.165, 1.54) is 6.20 Å². The molecule has 3 rings (SSSR count). The van der Waals surface area contributed by atoms with Crippen LogP contribution in [0, 0.1) is 6.92 Å². The molecule has 0 unspecified atom stereocenters. The molecule has 0 aliphatic heterocycles. The van der Waals surface area contributed by atoms with Crippen LogP contribution in [-0.4, -0.2) is 19.7 Å². The maximum Gasteiger partial charge on any atom is 0.453 e. The van der Waals surface area contributed by atoms with Crippen molar-refractivity contribution in [3.05, 3.63) is 60.0 Å². The summed E-state index contributed by atoms with van der Waals surface area (Å²) in [6.07, 6.45) is -3.11. The number of hydrogen-bond acceptors (Lipinski definition) is 3. The Morgan fingerprint density at radius 1 is 1.00 bits per heavy atom. The Morgan fingerprint density at radius 3 is 2.32 bits per heavy atom. The topological polar surface area (TPSA) is 43.6 Å². The minimum absolute atomic E-state index is 0.0526. The molecule has 4 nitrogen and oxygen atoms in total. The summed E-state index contributed by atoms with van der Waals surface area (Å²) in [7, 11) is 0. The normalized spacial score (nSPS) is 11.6. The second-order valence-corrected chi connectivity index (χ2v) is 4.72. The highest BCUT2D eigenvalue weighted by atomic mass is 19.4. The highest BCUT2D eigenvalue weighted by molar-refractivity contribution is 5.53. The predicted octanol–water partition coefficient (Wildman–Crippen LogP) is 3.66. The summed E-state index contributed by atoms with van der Waals surface area (Å²) in [5, 5.41) is 3.60. The molecule has 0 bridgehead atoms. The van der Waals surface area contributed by atoms with E-state index in [0.717, 1.165) is 10.2 Å². The van der Waals surface area contributed by atoms with Crippen molar-refractivity contribution >= 4 is 0 Å². The van der Waals surface area contributed by atoms with Crippen molar-refractivity contribution in [2.45, 2.75) is 13.1 Å². The molecular formula is C15H11F3N4. The van der Waals surface area contributed by atoms with Crippen molar-refractivity contribution in [3.63, 3.8) is 0 Å². The fraction of sp³-hybridized carbons (Fsp3) is 0.133. The third-order valence-corrected chi connectivity index (χ3v) is 3.03. The number of pyridine rings is 1. The SMILES string of the molecule is Cc1ccc(-n2nc(C(F)(F)F)nc2-c2ccccn2)cc1. The molecule has 0 aliphatic rings. The summed E-state index contributed by atoms with van der Waals surface area (Å²) in [4.78, 5) is 7.67. The van der Waals surface area contributed by atoms with Gasteiger partial charge in [-0.05, 0) is 31.2 Å². The Labute approximate surface area is 124 Å². The van der Waals surface area contributed by atoms with Gasteiger partial charge in [-0.15, -0.1) is 5.10 Å². The predicted molar refractivity (Wildman–Crippen MR) is 74.3 cm³/mol. The van der Waals surface area contributed by atoms with Crippen LogP contribution in [0.15, 0.2) is 48.7 Å². The highest BCUT2D eigenvalue weighted by Crippen LogP contribution is 2.29. The lowest BCUT2D eigenvalue weighted by Crippen LogP contribution is -2.08. The molecule has 7 heteroatoms. The molecule has 0 spiro atoms. The Bertz CT molecular complexity index is 777. The van der Waals surface area contributed by atoms with Gasteiger partial charge in [-0.2, -0.15) is 13.2 Å². The van der Waals surface area contributed by atoms with Crippen molar-refractivity contribution in [3.8, 4) is 17.2 Å². The van der Waals surface area contributed by atoms with Gasteiger partial charge in [0.1, 0.15) is 5.69 Å². The summed E-state index contributed by atoms with van der Waals surface area (Å²) in [5.41, 5.74) is 1.82. The molecule has 0 radical (unpaired) electrons. The van der Waals surface area contributed by atoms with E-state index in [0.29, 0.717) is 11.4 Å². The zero-order chi connectivity index (χ0) is 15.7. The molecule has 3 aromatic rings. The fourth-order valence-corrected chi connectivity index (χ4v) is 1.96. The standard InChI is InChI=1S/C15H11F3N4/c1-10-5-7-11(8-6-10)22-13(12-4-2-3-9-19-12)20-14(21-22)15(16,17)18/h2-9H,1H3. The first-order valence-electron chi connectivity index (χ1n) is 6.48. The molecule has 2 aromatic heterocycles. The van der Waals surface area contributed by atoms with Crippen LogP contribution in [0.5, 0.6) is 0 Å². The van der Waals surface area contributed by atoms with E-state index in [4.69, 9.17) is 0 Å². The molecular weight excluding hydrogens is 293 g/mol. The third-order valence-electron chi connectivity index (χ3n) is 3.03. The molecule has 22 heavy (non-hydrogen) atoms. The molecule has 0 saturated heterocycles. The molecule has 0 saturated carbocycles. The lowest BCUT2D eigenvalue weighted by Gasteiger charge is -2.05. The fourth-order valence-electron chi connectivity index (χ4n) is 1.96. The zero-order valence-electron chi connectivity index (χ0n) is 11.5. The van der Waals surface area contributed by atoms with Crippen LogP contribution in [0.25, 0.3) is 17.2 Å². The molecule has 0 aliphatic carbocycles. The maximum atomic E-state index is 12.9. The van der Waals surface area contributed by atoms with Crippen molar-refractivity contribution in [2.75, 3.05) is 0 Å². The van der Waals surface area contributed by atoms with Crippen LogP contribution in [-0.2, 0) is 6.18 Å². The van der Waals surface area contributed by atoms with Gasteiger partial charge in [-0.3, -0.25) is 4.98 Å². The molecule has 112 valence electrons. The smallest absolute Gasteiger partial charge is 0.253 e. The Kier molecular flexibility index (Phi) is 3.40. The summed E-state index contributed by atoms with van der Waals surface area (Å²) in [5.74, 6) is -1.13. The molecule has 2 heterocycles. The van der Waals surface area contributed by atoms with Gasteiger partial charge >= 0.3 is 6.18 Å². The number of rotatable bonds is 2. The van der Waals surface area contributed by atoms with E-state index in [-0.39, 0.29) is 5.82 Å². The molecule has 0 atom stereocenters. The lowest BCUT2D eigenvalue weighted by molar-refractivity contribution is -0.144. The third kappa shape index (κ3) is 2.69. The van der Waals surface area contributed by atoms with Gasteiger partial charge in [0, 0.05) is 6.20 Å². The quantitative estimate of drug-likeness (QED) is 0.725. The van der Waals surface area contributed by atoms with Crippen LogP contribution in [0.3, 0.4) is 0 Å². The van der Waals surface area contributed by atoms with E-state index in [1.807, 2.05) is 6.92 Å². The number of alkyl halides is 3. The van der Waals surface area contributed by atoms with Gasteiger partial charge in [0.15, 0.2) is 5.82 Å². The average molecular weight is 304 g/mol. The van der Waals surface area contributed by atoms with Gasteiger partial charge < -0.3 is 0 Å². The largest absolute Gasteiger partial charge is 0.453 e. The zero-order valence-corrected chi connectivity index (χ0v) is 11.5.